The second-order valence-electron chi connectivity index (χ2n) is 4.37. The molecule has 1 aromatic rings. The molecule has 0 atom stereocenters. The third kappa shape index (κ3) is 3.26. The van der Waals surface area contributed by atoms with Crippen LogP contribution in [0, 0.1) is 12.8 Å². The van der Waals surface area contributed by atoms with Crippen LogP contribution in [0.4, 0.5) is 0 Å². The lowest BCUT2D eigenvalue weighted by atomic mass is 10.1. The van der Waals surface area contributed by atoms with Gasteiger partial charge in [-0.3, -0.25) is 0 Å². The molecule has 3 heteroatoms. The number of rotatable bonds is 4. The largest absolute Gasteiger partial charge is 0.493 e. The van der Waals surface area contributed by atoms with Gasteiger partial charge in [-0.2, -0.15) is 0 Å². The summed E-state index contributed by atoms with van der Waals surface area (Å²) in [4.78, 5) is 0. The minimum absolute atomic E-state index is 0.514. The molecule has 1 aromatic carbocycles. The summed E-state index contributed by atoms with van der Waals surface area (Å²) in [6.07, 6.45) is 0. The number of oxime groups is 1. The van der Waals surface area contributed by atoms with Crippen LogP contribution in [0.25, 0.3) is 0 Å². The van der Waals surface area contributed by atoms with Crippen molar-refractivity contribution < 1.29 is 9.94 Å². The Balaban J connectivity index is 2.83. The van der Waals surface area contributed by atoms with Gasteiger partial charge in [-0.15, -0.1) is 0 Å². The number of hydrogen-bond acceptors (Lipinski definition) is 3. The molecule has 0 aliphatic carbocycles. The second-order valence-corrected chi connectivity index (χ2v) is 4.37. The smallest absolute Gasteiger partial charge is 0.122 e. The highest BCUT2D eigenvalue weighted by Crippen LogP contribution is 2.20. The van der Waals surface area contributed by atoms with E-state index in [0.717, 1.165) is 16.9 Å². The third-order valence-electron chi connectivity index (χ3n) is 2.31. The van der Waals surface area contributed by atoms with Crippen LogP contribution in [-0.4, -0.2) is 17.5 Å². The molecule has 0 bridgehead atoms. The molecule has 16 heavy (non-hydrogen) atoms. The monoisotopic (exact) mass is 221 g/mol. The average molecular weight is 221 g/mol. The van der Waals surface area contributed by atoms with Crippen molar-refractivity contribution >= 4 is 5.71 Å². The molecular weight excluding hydrogens is 202 g/mol. The maximum Gasteiger partial charge on any atom is 0.122 e. The first-order valence-electron chi connectivity index (χ1n) is 5.47. The van der Waals surface area contributed by atoms with E-state index in [0.29, 0.717) is 18.2 Å². The molecule has 0 saturated carbocycles. The number of benzene rings is 1. The zero-order valence-corrected chi connectivity index (χ0v) is 10.3. The second kappa shape index (κ2) is 5.54. The van der Waals surface area contributed by atoms with Gasteiger partial charge < -0.3 is 9.94 Å². The number of hydrogen-bond donors (Lipinski definition) is 1. The first-order valence-corrected chi connectivity index (χ1v) is 5.47. The highest BCUT2D eigenvalue weighted by atomic mass is 16.5. The Morgan fingerprint density at radius 2 is 2.12 bits per heavy atom. The SMILES string of the molecule is C/C(=N\O)c1ccc(OCC(C)C)c(C)c1. The maximum absolute atomic E-state index is 8.68. The molecule has 0 heterocycles. The Kier molecular flexibility index (Phi) is 4.35. The highest BCUT2D eigenvalue weighted by Gasteiger charge is 2.04. The molecule has 0 radical (unpaired) electrons. The zero-order chi connectivity index (χ0) is 12.1. The molecule has 0 aliphatic rings. The molecule has 0 fully saturated rings. The molecule has 88 valence electrons. The number of aryl methyl sites for hydroxylation is 1. The molecule has 0 spiro atoms. The summed E-state index contributed by atoms with van der Waals surface area (Å²) < 4.78 is 5.66. The van der Waals surface area contributed by atoms with Gasteiger partial charge in [0.05, 0.1) is 12.3 Å². The zero-order valence-electron chi connectivity index (χ0n) is 10.3. The van der Waals surface area contributed by atoms with Crippen LogP contribution in [0.1, 0.15) is 31.9 Å². The van der Waals surface area contributed by atoms with E-state index in [2.05, 4.69) is 19.0 Å². The fraction of sp³-hybridized carbons (Fsp3) is 0.462. The summed E-state index contributed by atoms with van der Waals surface area (Å²) >= 11 is 0. The van der Waals surface area contributed by atoms with Gasteiger partial charge in [0.15, 0.2) is 0 Å². The quantitative estimate of drug-likeness (QED) is 0.482. The minimum atomic E-state index is 0.514. The number of nitrogens with zero attached hydrogens (tertiary/aromatic N) is 1. The van der Waals surface area contributed by atoms with Crippen LogP contribution in [0.5, 0.6) is 5.75 Å². The van der Waals surface area contributed by atoms with Gasteiger partial charge in [-0.25, -0.2) is 0 Å². The molecule has 3 nitrogen and oxygen atoms in total. The summed E-state index contributed by atoms with van der Waals surface area (Å²) in [6.45, 7) is 8.71. The molecule has 1 N–H and O–H groups in total. The van der Waals surface area contributed by atoms with E-state index in [9.17, 15) is 0 Å². The molecule has 0 aromatic heterocycles. The Bertz CT molecular complexity index is 384. The topological polar surface area (TPSA) is 41.8 Å². The van der Waals surface area contributed by atoms with E-state index in [-0.39, 0.29) is 0 Å². The molecule has 0 aliphatic heterocycles. The Morgan fingerprint density at radius 3 is 2.62 bits per heavy atom. The van der Waals surface area contributed by atoms with Crippen LogP contribution in [0.15, 0.2) is 23.4 Å². The van der Waals surface area contributed by atoms with Crippen molar-refractivity contribution in [2.45, 2.75) is 27.7 Å². The van der Waals surface area contributed by atoms with Crippen LogP contribution in [0.3, 0.4) is 0 Å². The molecule has 0 amide bonds. The van der Waals surface area contributed by atoms with Crippen LogP contribution >= 0.6 is 0 Å². The van der Waals surface area contributed by atoms with Crippen molar-refractivity contribution in [3.8, 4) is 5.75 Å². The first kappa shape index (κ1) is 12.6. The van der Waals surface area contributed by atoms with E-state index in [1.165, 1.54) is 0 Å². The minimum Gasteiger partial charge on any atom is -0.493 e. The summed E-state index contributed by atoms with van der Waals surface area (Å²) in [5.74, 6) is 1.41. The predicted octanol–water partition coefficient (Wildman–Crippen LogP) is 3.23. The predicted molar refractivity (Wildman–Crippen MR) is 65.5 cm³/mol. The fourth-order valence-corrected chi connectivity index (χ4v) is 1.35. The van der Waals surface area contributed by atoms with E-state index in [1.54, 1.807) is 6.92 Å². The van der Waals surface area contributed by atoms with Gasteiger partial charge in [0.25, 0.3) is 0 Å². The van der Waals surface area contributed by atoms with E-state index >= 15 is 0 Å². The van der Waals surface area contributed by atoms with E-state index in [1.807, 2.05) is 25.1 Å². The van der Waals surface area contributed by atoms with Crippen LogP contribution in [-0.2, 0) is 0 Å². The van der Waals surface area contributed by atoms with Gasteiger partial charge >= 0.3 is 0 Å². The Labute approximate surface area is 96.7 Å². The lowest BCUT2D eigenvalue weighted by Crippen LogP contribution is -2.06. The molecule has 0 saturated heterocycles. The molecule has 1 rings (SSSR count). The third-order valence-corrected chi connectivity index (χ3v) is 2.31. The van der Waals surface area contributed by atoms with Crippen LogP contribution in [0.2, 0.25) is 0 Å². The lowest BCUT2D eigenvalue weighted by Gasteiger charge is -2.12. The maximum atomic E-state index is 8.68. The van der Waals surface area contributed by atoms with Crippen molar-refractivity contribution in [1.82, 2.24) is 0 Å². The van der Waals surface area contributed by atoms with Crippen molar-refractivity contribution in [2.24, 2.45) is 11.1 Å². The first-order chi connectivity index (χ1) is 7.54. The van der Waals surface area contributed by atoms with Crippen molar-refractivity contribution in [3.63, 3.8) is 0 Å². The van der Waals surface area contributed by atoms with Crippen molar-refractivity contribution in [3.05, 3.63) is 29.3 Å². The Morgan fingerprint density at radius 1 is 1.44 bits per heavy atom. The van der Waals surface area contributed by atoms with Crippen LogP contribution < -0.4 is 4.74 Å². The summed E-state index contributed by atoms with van der Waals surface area (Å²) in [7, 11) is 0. The standard InChI is InChI=1S/C13H19NO2/c1-9(2)8-16-13-6-5-12(7-10(13)3)11(4)14-15/h5-7,9,15H,8H2,1-4H3/b14-11+. The van der Waals surface area contributed by atoms with Gasteiger partial charge in [-0.1, -0.05) is 19.0 Å². The summed E-state index contributed by atoms with van der Waals surface area (Å²) in [5, 5.41) is 11.9. The van der Waals surface area contributed by atoms with Gasteiger partial charge in [0.1, 0.15) is 5.75 Å². The normalized spacial score (nSPS) is 11.9. The summed E-state index contributed by atoms with van der Waals surface area (Å²) in [6, 6.07) is 5.78. The van der Waals surface area contributed by atoms with E-state index in [4.69, 9.17) is 9.94 Å². The Hall–Kier alpha value is -1.51. The van der Waals surface area contributed by atoms with E-state index < -0.39 is 0 Å². The van der Waals surface area contributed by atoms with Gasteiger partial charge in [0.2, 0.25) is 0 Å². The van der Waals surface area contributed by atoms with Gasteiger partial charge in [0, 0.05) is 0 Å². The average Bonchev–Trinajstić information content (AvgIpc) is 2.26. The summed E-state index contributed by atoms with van der Waals surface area (Å²) in [5.41, 5.74) is 2.58. The van der Waals surface area contributed by atoms with Crippen molar-refractivity contribution in [1.29, 1.82) is 0 Å². The number of ether oxygens (including phenoxy) is 1. The van der Waals surface area contributed by atoms with Crippen molar-refractivity contribution in [2.75, 3.05) is 6.61 Å². The lowest BCUT2D eigenvalue weighted by molar-refractivity contribution is 0.269. The molecule has 0 unspecified atom stereocenters. The highest BCUT2D eigenvalue weighted by molar-refractivity contribution is 5.98. The van der Waals surface area contributed by atoms with Gasteiger partial charge in [-0.05, 0) is 49.1 Å². The fourth-order valence-electron chi connectivity index (χ4n) is 1.35. The molecular formula is C13H19NO2.